The molecule has 5 nitrogen and oxygen atoms in total. The molecule has 1 saturated carbocycles. The minimum atomic E-state index is -0.545. The number of aliphatic imine (C=N–C) groups is 1. The Hall–Kier alpha value is -1.16. The summed E-state index contributed by atoms with van der Waals surface area (Å²) in [5.74, 6) is -0.274. The summed E-state index contributed by atoms with van der Waals surface area (Å²) in [6, 6.07) is 5.25. The fraction of sp³-hybridized carbons (Fsp3) is 0.650. The summed E-state index contributed by atoms with van der Waals surface area (Å²) in [5, 5.41) is 6.82. The number of halogens is 3. The first-order valence-corrected chi connectivity index (χ1v) is 9.91. The highest BCUT2D eigenvalue weighted by atomic mass is 127. The summed E-state index contributed by atoms with van der Waals surface area (Å²) in [5.41, 5.74) is 0.459. The number of guanidine groups is 1. The summed E-state index contributed by atoms with van der Waals surface area (Å²) in [4.78, 5) is 8.80. The average Bonchev–Trinajstić information content (AvgIpc) is 3.35. The topological polar surface area (TPSA) is 42.9 Å². The van der Waals surface area contributed by atoms with Gasteiger partial charge in [-0.05, 0) is 45.2 Å². The minimum absolute atomic E-state index is 0. The molecule has 1 aliphatic heterocycles. The SMILES string of the molecule is CN=C(NCCN(C(C)C)C1CC1)NC1CCN(c2ccc(F)cc2F)C1.I. The number of rotatable bonds is 7. The average molecular weight is 507 g/mol. The van der Waals surface area contributed by atoms with Gasteiger partial charge in [-0.15, -0.1) is 24.0 Å². The van der Waals surface area contributed by atoms with Gasteiger partial charge in [-0.1, -0.05) is 0 Å². The third-order valence-corrected chi connectivity index (χ3v) is 5.34. The number of hydrogen-bond acceptors (Lipinski definition) is 3. The Morgan fingerprint density at radius 1 is 1.29 bits per heavy atom. The number of nitrogens with zero attached hydrogens (tertiary/aromatic N) is 3. The summed E-state index contributed by atoms with van der Waals surface area (Å²) < 4.78 is 27.1. The molecule has 0 radical (unpaired) electrons. The highest BCUT2D eigenvalue weighted by Crippen LogP contribution is 2.28. The van der Waals surface area contributed by atoms with Gasteiger partial charge >= 0.3 is 0 Å². The lowest BCUT2D eigenvalue weighted by Crippen LogP contribution is -2.47. The Morgan fingerprint density at radius 3 is 2.64 bits per heavy atom. The zero-order valence-corrected chi connectivity index (χ0v) is 19.3. The predicted octanol–water partition coefficient (Wildman–Crippen LogP) is 3.20. The van der Waals surface area contributed by atoms with E-state index in [1.165, 1.54) is 25.0 Å². The van der Waals surface area contributed by atoms with Crippen LogP contribution in [0.4, 0.5) is 14.5 Å². The molecule has 0 amide bonds. The third kappa shape index (κ3) is 6.17. The van der Waals surface area contributed by atoms with Crippen molar-refractivity contribution in [2.45, 2.75) is 51.2 Å². The van der Waals surface area contributed by atoms with Gasteiger partial charge in [0.25, 0.3) is 0 Å². The van der Waals surface area contributed by atoms with Crippen molar-refractivity contribution in [3.05, 3.63) is 29.8 Å². The Balaban J connectivity index is 0.00000280. The third-order valence-electron chi connectivity index (χ3n) is 5.34. The Morgan fingerprint density at radius 2 is 2.04 bits per heavy atom. The van der Waals surface area contributed by atoms with Crippen LogP contribution in [0.3, 0.4) is 0 Å². The van der Waals surface area contributed by atoms with Crippen LogP contribution in [0.2, 0.25) is 0 Å². The second kappa shape index (κ2) is 10.6. The van der Waals surface area contributed by atoms with E-state index in [4.69, 9.17) is 0 Å². The quantitative estimate of drug-likeness (QED) is 0.338. The number of hydrogen-bond donors (Lipinski definition) is 2. The smallest absolute Gasteiger partial charge is 0.191 e. The van der Waals surface area contributed by atoms with Crippen molar-refractivity contribution in [3.63, 3.8) is 0 Å². The molecule has 158 valence electrons. The van der Waals surface area contributed by atoms with E-state index in [0.29, 0.717) is 18.3 Å². The van der Waals surface area contributed by atoms with E-state index in [9.17, 15) is 8.78 Å². The molecule has 28 heavy (non-hydrogen) atoms. The van der Waals surface area contributed by atoms with Gasteiger partial charge in [0.1, 0.15) is 11.6 Å². The molecule has 3 rings (SSSR count). The summed E-state index contributed by atoms with van der Waals surface area (Å²) >= 11 is 0. The fourth-order valence-electron chi connectivity index (χ4n) is 3.79. The first kappa shape index (κ1) is 23.1. The lowest BCUT2D eigenvalue weighted by molar-refractivity contribution is 0.215. The molecular formula is C20H32F2IN5. The second-order valence-electron chi connectivity index (χ2n) is 7.73. The Labute approximate surface area is 184 Å². The van der Waals surface area contributed by atoms with Crippen LogP contribution in [0, 0.1) is 11.6 Å². The van der Waals surface area contributed by atoms with Crippen molar-refractivity contribution in [2.24, 2.45) is 4.99 Å². The highest BCUT2D eigenvalue weighted by Gasteiger charge is 2.30. The van der Waals surface area contributed by atoms with Gasteiger partial charge in [-0.2, -0.15) is 0 Å². The van der Waals surface area contributed by atoms with Crippen LogP contribution in [-0.4, -0.2) is 62.2 Å². The van der Waals surface area contributed by atoms with Gasteiger partial charge in [-0.25, -0.2) is 8.78 Å². The molecular weight excluding hydrogens is 475 g/mol. The maximum atomic E-state index is 14.0. The standard InChI is InChI=1S/C20H31F2N5.HI/c1-14(2)27(17-5-6-17)11-9-24-20(23-3)25-16-8-10-26(13-16)19-7-4-15(21)12-18(19)22;/h4,7,12,14,16-17H,5-6,8-11,13H2,1-3H3,(H2,23,24,25);1H. The molecule has 1 aromatic carbocycles. The number of benzene rings is 1. The van der Waals surface area contributed by atoms with Gasteiger partial charge in [0, 0.05) is 57.4 Å². The molecule has 1 unspecified atom stereocenters. The van der Waals surface area contributed by atoms with Crippen LogP contribution in [0.25, 0.3) is 0 Å². The lowest BCUT2D eigenvalue weighted by atomic mass is 10.2. The zero-order valence-electron chi connectivity index (χ0n) is 16.9. The molecule has 2 aliphatic rings. The van der Waals surface area contributed by atoms with Gasteiger partial charge in [0.2, 0.25) is 0 Å². The molecule has 2 fully saturated rings. The van der Waals surface area contributed by atoms with Crippen molar-refractivity contribution < 1.29 is 8.78 Å². The Kier molecular flexibility index (Phi) is 8.73. The van der Waals surface area contributed by atoms with Gasteiger partial charge in [0.05, 0.1) is 5.69 Å². The normalized spacial score (nSPS) is 19.9. The second-order valence-corrected chi connectivity index (χ2v) is 7.73. The van der Waals surface area contributed by atoms with Crippen molar-refractivity contribution in [1.29, 1.82) is 0 Å². The van der Waals surface area contributed by atoms with Crippen LogP contribution >= 0.6 is 24.0 Å². The molecule has 2 N–H and O–H groups in total. The summed E-state index contributed by atoms with van der Waals surface area (Å²) in [6.45, 7) is 7.74. The Bertz CT molecular complexity index is 664. The molecule has 0 spiro atoms. The van der Waals surface area contributed by atoms with E-state index in [0.717, 1.165) is 44.1 Å². The van der Waals surface area contributed by atoms with E-state index in [2.05, 4.69) is 34.4 Å². The largest absolute Gasteiger partial charge is 0.367 e. The van der Waals surface area contributed by atoms with Crippen LogP contribution < -0.4 is 15.5 Å². The van der Waals surface area contributed by atoms with Crippen LogP contribution in [0.5, 0.6) is 0 Å². The van der Waals surface area contributed by atoms with Crippen molar-refractivity contribution >= 4 is 35.6 Å². The lowest BCUT2D eigenvalue weighted by Gasteiger charge is -2.27. The number of nitrogens with one attached hydrogen (secondary N) is 2. The van der Waals surface area contributed by atoms with E-state index in [1.54, 1.807) is 7.05 Å². The van der Waals surface area contributed by atoms with Gasteiger partial charge in [-0.3, -0.25) is 9.89 Å². The van der Waals surface area contributed by atoms with Crippen LogP contribution in [0.15, 0.2) is 23.2 Å². The first-order valence-electron chi connectivity index (χ1n) is 9.91. The van der Waals surface area contributed by atoms with E-state index in [1.807, 2.05) is 4.90 Å². The van der Waals surface area contributed by atoms with Crippen molar-refractivity contribution in [1.82, 2.24) is 15.5 Å². The molecule has 1 aromatic rings. The first-order chi connectivity index (χ1) is 13.0. The molecule has 1 aliphatic carbocycles. The molecule has 0 aromatic heterocycles. The van der Waals surface area contributed by atoms with Gasteiger partial charge in [0.15, 0.2) is 5.96 Å². The fourth-order valence-corrected chi connectivity index (χ4v) is 3.79. The molecule has 1 heterocycles. The van der Waals surface area contributed by atoms with E-state index >= 15 is 0 Å². The maximum Gasteiger partial charge on any atom is 0.191 e. The molecule has 1 saturated heterocycles. The summed E-state index contributed by atoms with van der Waals surface area (Å²) in [7, 11) is 1.77. The monoisotopic (exact) mass is 507 g/mol. The minimum Gasteiger partial charge on any atom is -0.367 e. The van der Waals surface area contributed by atoms with E-state index in [-0.39, 0.29) is 30.0 Å². The van der Waals surface area contributed by atoms with Crippen molar-refractivity contribution in [3.8, 4) is 0 Å². The maximum absolute atomic E-state index is 14.0. The zero-order chi connectivity index (χ0) is 19.4. The highest BCUT2D eigenvalue weighted by molar-refractivity contribution is 14.0. The summed E-state index contributed by atoms with van der Waals surface area (Å²) in [6.07, 6.45) is 3.50. The van der Waals surface area contributed by atoms with Gasteiger partial charge < -0.3 is 15.5 Å². The van der Waals surface area contributed by atoms with Crippen LogP contribution in [-0.2, 0) is 0 Å². The van der Waals surface area contributed by atoms with E-state index < -0.39 is 11.6 Å². The molecule has 0 bridgehead atoms. The molecule has 8 heteroatoms. The van der Waals surface area contributed by atoms with Crippen LogP contribution in [0.1, 0.15) is 33.1 Å². The van der Waals surface area contributed by atoms with Crippen molar-refractivity contribution in [2.75, 3.05) is 38.1 Å². The molecule has 1 atom stereocenters. The number of anilines is 1. The predicted molar refractivity (Wildman–Crippen MR) is 122 cm³/mol.